The van der Waals surface area contributed by atoms with Crippen LogP contribution in [0.2, 0.25) is 0 Å². The van der Waals surface area contributed by atoms with E-state index in [9.17, 15) is 0 Å². The van der Waals surface area contributed by atoms with E-state index in [1.165, 1.54) is 32.1 Å². The highest BCUT2D eigenvalue weighted by atomic mass is 15.2. The van der Waals surface area contributed by atoms with Gasteiger partial charge in [-0.05, 0) is 26.2 Å². The third-order valence-corrected chi connectivity index (χ3v) is 4.13. The van der Waals surface area contributed by atoms with Gasteiger partial charge < -0.3 is 10.6 Å². The van der Waals surface area contributed by atoms with E-state index in [4.69, 9.17) is 10.7 Å². The molecule has 1 aliphatic carbocycles. The number of nitrogens with two attached hydrogens (primary N) is 1. The molecule has 0 aliphatic heterocycles. The lowest BCUT2D eigenvalue weighted by Gasteiger charge is -2.33. The Morgan fingerprint density at radius 2 is 1.89 bits per heavy atom. The van der Waals surface area contributed by atoms with Gasteiger partial charge >= 0.3 is 0 Å². The highest BCUT2D eigenvalue weighted by molar-refractivity contribution is 5.56. The summed E-state index contributed by atoms with van der Waals surface area (Å²) in [7, 11) is 2.15. The van der Waals surface area contributed by atoms with Gasteiger partial charge in [0.25, 0.3) is 0 Å². The van der Waals surface area contributed by atoms with Crippen LogP contribution in [0.1, 0.15) is 56.8 Å². The van der Waals surface area contributed by atoms with Gasteiger partial charge in [0.2, 0.25) is 0 Å². The minimum atomic E-state index is 0.608. The number of nitrogens with zero attached hydrogens (tertiary/aromatic N) is 3. The third-order valence-electron chi connectivity index (χ3n) is 4.13. The Morgan fingerprint density at radius 1 is 1.21 bits per heavy atom. The fourth-order valence-electron chi connectivity index (χ4n) is 2.89. The molecule has 1 aromatic rings. The Bertz CT molecular complexity index is 424. The highest BCUT2D eigenvalue weighted by Crippen LogP contribution is 2.28. The van der Waals surface area contributed by atoms with Gasteiger partial charge in [-0.15, -0.1) is 0 Å². The predicted molar refractivity (Wildman–Crippen MR) is 80.5 cm³/mol. The molecule has 0 radical (unpaired) electrons. The molecule has 1 saturated carbocycles. The minimum Gasteiger partial charge on any atom is -0.383 e. The molecule has 4 heteroatoms. The van der Waals surface area contributed by atoms with Gasteiger partial charge in [-0.1, -0.05) is 26.2 Å². The number of rotatable bonds is 4. The first-order valence-corrected chi connectivity index (χ1v) is 7.49. The summed E-state index contributed by atoms with van der Waals surface area (Å²) in [6.45, 7) is 4.17. The molecule has 0 spiro atoms. The number of aryl methyl sites for hydroxylation is 1. The molecule has 1 fully saturated rings. The van der Waals surface area contributed by atoms with E-state index in [0.717, 1.165) is 30.0 Å². The second-order valence-corrected chi connectivity index (χ2v) is 5.63. The first kappa shape index (κ1) is 14.1. The van der Waals surface area contributed by atoms with Gasteiger partial charge in [0, 0.05) is 25.1 Å². The lowest BCUT2D eigenvalue weighted by molar-refractivity contribution is 0.425. The summed E-state index contributed by atoms with van der Waals surface area (Å²) < 4.78 is 0. The second kappa shape index (κ2) is 6.22. The van der Waals surface area contributed by atoms with E-state index >= 15 is 0 Å². The van der Waals surface area contributed by atoms with Crippen LogP contribution >= 0.6 is 0 Å². The largest absolute Gasteiger partial charge is 0.383 e. The van der Waals surface area contributed by atoms with Gasteiger partial charge in [0.1, 0.15) is 17.5 Å². The molecule has 0 amide bonds. The van der Waals surface area contributed by atoms with Crippen LogP contribution in [-0.2, 0) is 6.42 Å². The number of anilines is 2. The Labute approximate surface area is 116 Å². The van der Waals surface area contributed by atoms with Crippen LogP contribution in [-0.4, -0.2) is 23.1 Å². The molecular formula is C15H26N4. The van der Waals surface area contributed by atoms with Crippen LogP contribution in [0.4, 0.5) is 11.6 Å². The van der Waals surface area contributed by atoms with Crippen LogP contribution in [0, 0.1) is 6.92 Å². The normalized spacial score (nSPS) is 16.6. The van der Waals surface area contributed by atoms with Gasteiger partial charge in [0.15, 0.2) is 0 Å². The van der Waals surface area contributed by atoms with Crippen LogP contribution in [0.5, 0.6) is 0 Å². The topological polar surface area (TPSA) is 55.0 Å². The summed E-state index contributed by atoms with van der Waals surface area (Å²) >= 11 is 0. The molecule has 0 atom stereocenters. The Hall–Kier alpha value is -1.32. The number of hydrogen-bond donors (Lipinski definition) is 1. The van der Waals surface area contributed by atoms with Gasteiger partial charge in [0.05, 0.1) is 0 Å². The zero-order valence-electron chi connectivity index (χ0n) is 12.4. The summed E-state index contributed by atoms with van der Waals surface area (Å²) in [6.07, 6.45) is 8.51. The van der Waals surface area contributed by atoms with Crippen molar-refractivity contribution in [3.05, 3.63) is 11.4 Å². The van der Waals surface area contributed by atoms with E-state index in [1.807, 2.05) is 6.92 Å². The summed E-state index contributed by atoms with van der Waals surface area (Å²) in [4.78, 5) is 11.4. The lowest BCUT2D eigenvalue weighted by atomic mass is 9.94. The zero-order chi connectivity index (χ0) is 13.8. The predicted octanol–water partition coefficient (Wildman–Crippen LogP) is 3.09. The second-order valence-electron chi connectivity index (χ2n) is 5.63. The van der Waals surface area contributed by atoms with Crippen molar-refractivity contribution in [2.75, 3.05) is 17.7 Å². The molecule has 0 bridgehead atoms. The van der Waals surface area contributed by atoms with E-state index in [1.54, 1.807) is 0 Å². The standard InChI is InChI=1S/C15H26N4/c1-4-8-13-17-14(16)11(2)15(18-13)19(3)12-9-6-5-7-10-12/h12H,4-10H2,1-3H3,(H2,16,17,18). The molecule has 2 rings (SSSR count). The smallest absolute Gasteiger partial charge is 0.137 e. The molecule has 0 saturated heterocycles. The number of hydrogen-bond acceptors (Lipinski definition) is 4. The summed E-state index contributed by atoms with van der Waals surface area (Å²) in [5.74, 6) is 2.54. The highest BCUT2D eigenvalue weighted by Gasteiger charge is 2.21. The average molecular weight is 262 g/mol. The number of aromatic nitrogens is 2. The molecule has 0 aromatic carbocycles. The van der Waals surface area contributed by atoms with E-state index < -0.39 is 0 Å². The first-order chi connectivity index (χ1) is 9.13. The molecule has 4 nitrogen and oxygen atoms in total. The molecule has 1 aliphatic rings. The maximum atomic E-state index is 6.04. The van der Waals surface area contributed by atoms with Crippen molar-refractivity contribution >= 4 is 11.6 Å². The molecule has 0 unspecified atom stereocenters. The van der Waals surface area contributed by atoms with Crippen LogP contribution in [0.15, 0.2) is 0 Å². The molecule has 106 valence electrons. The van der Waals surface area contributed by atoms with Crippen molar-refractivity contribution in [3.63, 3.8) is 0 Å². The SMILES string of the molecule is CCCc1nc(N)c(C)c(N(C)C2CCCCC2)n1. The maximum Gasteiger partial charge on any atom is 0.137 e. The number of nitrogen functional groups attached to an aromatic ring is 1. The Kier molecular flexibility index (Phi) is 4.61. The van der Waals surface area contributed by atoms with Gasteiger partial charge in [-0.2, -0.15) is 0 Å². The quantitative estimate of drug-likeness (QED) is 0.906. The summed E-state index contributed by atoms with van der Waals surface area (Å²) in [6, 6.07) is 0.608. The van der Waals surface area contributed by atoms with Gasteiger partial charge in [-0.25, -0.2) is 9.97 Å². The van der Waals surface area contributed by atoms with E-state index in [2.05, 4.69) is 23.9 Å². The van der Waals surface area contributed by atoms with Crippen molar-refractivity contribution in [1.82, 2.24) is 9.97 Å². The van der Waals surface area contributed by atoms with Crippen LogP contribution < -0.4 is 10.6 Å². The fraction of sp³-hybridized carbons (Fsp3) is 0.733. The Balaban J connectivity index is 2.25. The van der Waals surface area contributed by atoms with E-state index in [0.29, 0.717) is 11.9 Å². The van der Waals surface area contributed by atoms with Crippen LogP contribution in [0.25, 0.3) is 0 Å². The Morgan fingerprint density at radius 3 is 2.53 bits per heavy atom. The molecule has 1 heterocycles. The van der Waals surface area contributed by atoms with Crippen molar-refractivity contribution in [1.29, 1.82) is 0 Å². The monoisotopic (exact) mass is 262 g/mol. The molecule has 1 aromatic heterocycles. The van der Waals surface area contributed by atoms with Crippen molar-refractivity contribution in [2.24, 2.45) is 0 Å². The third kappa shape index (κ3) is 3.17. The van der Waals surface area contributed by atoms with Crippen molar-refractivity contribution in [2.45, 2.75) is 64.8 Å². The fourth-order valence-corrected chi connectivity index (χ4v) is 2.89. The molecule has 2 N–H and O–H groups in total. The molecule has 19 heavy (non-hydrogen) atoms. The lowest BCUT2D eigenvalue weighted by Crippen LogP contribution is -2.35. The maximum absolute atomic E-state index is 6.04. The first-order valence-electron chi connectivity index (χ1n) is 7.49. The van der Waals surface area contributed by atoms with Crippen molar-refractivity contribution in [3.8, 4) is 0 Å². The van der Waals surface area contributed by atoms with Crippen LogP contribution in [0.3, 0.4) is 0 Å². The molecular weight excluding hydrogens is 236 g/mol. The van der Waals surface area contributed by atoms with Gasteiger partial charge in [-0.3, -0.25) is 0 Å². The zero-order valence-corrected chi connectivity index (χ0v) is 12.4. The average Bonchev–Trinajstić information content (AvgIpc) is 2.43. The van der Waals surface area contributed by atoms with E-state index in [-0.39, 0.29) is 0 Å². The summed E-state index contributed by atoms with van der Waals surface area (Å²) in [5.41, 5.74) is 7.06. The summed E-state index contributed by atoms with van der Waals surface area (Å²) in [5, 5.41) is 0. The van der Waals surface area contributed by atoms with Crippen molar-refractivity contribution < 1.29 is 0 Å². The minimum absolute atomic E-state index is 0.608.